The minimum atomic E-state index is -1.33. The molecular formula is C17H19N3Si. The number of imidazole rings is 1. The van der Waals surface area contributed by atoms with Crippen LogP contribution in [0.5, 0.6) is 0 Å². The molecule has 0 saturated carbocycles. The highest BCUT2D eigenvalue weighted by Gasteiger charge is 2.07. The Hall–Kier alpha value is -2.30. The normalized spacial score (nSPS) is 10.6. The van der Waals surface area contributed by atoms with Gasteiger partial charge in [0.05, 0.1) is 24.5 Å². The molecule has 0 fully saturated rings. The third-order valence-electron chi connectivity index (χ3n) is 2.88. The van der Waals surface area contributed by atoms with Crippen LogP contribution in [0.25, 0.3) is 11.3 Å². The molecular weight excluding hydrogens is 274 g/mol. The van der Waals surface area contributed by atoms with Crippen LogP contribution in [0.3, 0.4) is 0 Å². The maximum Gasteiger partial charge on any atom is 0.129 e. The Kier molecular flexibility index (Phi) is 4.62. The van der Waals surface area contributed by atoms with Crippen molar-refractivity contribution in [2.45, 2.75) is 32.6 Å². The molecule has 21 heavy (non-hydrogen) atoms. The number of hydrogen-bond acceptors (Lipinski definition) is 2. The average molecular weight is 293 g/mol. The van der Waals surface area contributed by atoms with Gasteiger partial charge in [0, 0.05) is 23.9 Å². The van der Waals surface area contributed by atoms with Crippen LogP contribution >= 0.6 is 0 Å². The van der Waals surface area contributed by atoms with Crippen molar-refractivity contribution < 1.29 is 0 Å². The van der Waals surface area contributed by atoms with Crippen molar-refractivity contribution in [1.82, 2.24) is 9.55 Å². The Morgan fingerprint density at radius 3 is 2.52 bits per heavy atom. The van der Waals surface area contributed by atoms with E-state index >= 15 is 0 Å². The molecule has 1 aromatic carbocycles. The van der Waals surface area contributed by atoms with Gasteiger partial charge in [0.15, 0.2) is 0 Å². The van der Waals surface area contributed by atoms with Gasteiger partial charge in [0.2, 0.25) is 0 Å². The highest BCUT2D eigenvalue weighted by atomic mass is 28.3. The quantitative estimate of drug-likeness (QED) is 0.639. The van der Waals surface area contributed by atoms with Gasteiger partial charge in [0.1, 0.15) is 8.07 Å². The van der Waals surface area contributed by atoms with Gasteiger partial charge >= 0.3 is 0 Å². The molecule has 4 heteroatoms. The van der Waals surface area contributed by atoms with Gasteiger partial charge in [-0.05, 0) is 12.1 Å². The van der Waals surface area contributed by atoms with Gasteiger partial charge in [-0.3, -0.25) is 0 Å². The van der Waals surface area contributed by atoms with E-state index in [2.05, 4.69) is 42.2 Å². The lowest BCUT2D eigenvalue weighted by molar-refractivity contribution is 0.715. The SMILES string of the molecule is C[Si](C)(C)C#Cc1ccc(-c2cn(CCC#N)cn2)cc1. The van der Waals surface area contributed by atoms with Crippen molar-refractivity contribution in [1.29, 1.82) is 5.26 Å². The molecule has 0 N–H and O–H groups in total. The molecule has 1 heterocycles. The second-order valence-corrected chi connectivity index (χ2v) is 10.7. The summed E-state index contributed by atoms with van der Waals surface area (Å²) < 4.78 is 1.94. The number of nitrogens with zero attached hydrogens (tertiary/aromatic N) is 3. The summed E-state index contributed by atoms with van der Waals surface area (Å²) in [6.45, 7) is 7.40. The zero-order valence-corrected chi connectivity index (χ0v) is 13.7. The standard InChI is InChI=1S/C17H19N3Si/c1-21(2,3)12-9-15-5-7-16(8-6-15)17-13-20(14-19-17)11-4-10-18/h5-8,13-14H,4,11H2,1-3H3. The van der Waals surface area contributed by atoms with Gasteiger partial charge in [-0.25, -0.2) is 4.98 Å². The van der Waals surface area contributed by atoms with E-state index in [4.69, 9.17) is 5.26 Å². The molecule has 0 amide bonds. The fourth-order valence-electron chi connectivity index (χ4n) is 1.79. The second kappa shape index (κ2) is 6.43. The Labute approximate surface area is 127 Å². The van der Waals surface area contributed by atoms with E-state index in [-0.39, 0.29) is 0 Å². The average Bonchev–Trinajstić information content (AvgIpc) is 2.91. The molecule has 0 aliphatic rings. The first kappa shape index (κ1) is 15.1. The fourth-order valence-corrected chi connectivity index (χ4v) is 2.31. The van der Waals surface area contributed by atoms with Crippen molar-refractivity contribution in [3.8, 4) is 28.8 Å². The van der Waals surface area contributed by atoms with E-state index in [1.165, 1.54) is 0 Å². The summed E-state index contributed by atoms with van der Waals surface area (Å²) in [5, 5.41) is 8.60. The van der Waals surface area contributed by atoms with Gasteiger partial charge in [-0.1, -0.05) is 37.7 Å². The molecule has 0 spiro atoms. The van der Waals surface area contributed by atoms with E-state index in [0.717, 1.165) is 16.8 Å². The van der Waals surface area contributed by atoms with Crippen LogP contribution < -0.4 is 0 Å². The van der Waals surface area contributed by atoms with E-state index in [1.807, 2.05) is 35.0 Å². The second-order valence-electron chi connectivity index (χ2n) is 5.98. The van der Waals surface area contributed by atoms with Gasteiger partial charge in [-0.15, -0.1) is 5.54 Å². The first-order valence-electron chi connectivity index (χ1n) is 7.00. The summed E-state index contributed by atoms with van der Waals surface area (Å²) >= 11 is 0. The molecule has 0 atom stereocenters. The first-order valence-corrected chi connectivity index (χ1v) is 10.5. The molecule has 0 unspecified atom stereocenters. The van der Waals surface area contributed by atoms with Crippen molar-refractivity contribution >= 4 is 8.07 Å². The number of benzene rings is 1. The van der Waals surface area contributed by atoms with Crippen molar-refractivity contribution in [2.24, 2.45) is 0 Å². The Morgan fingerprint density at radius 1 is 1.19 bits per heavy atom. The summed E-state index contributed by atoms with van der Waals surface area (Å²) in [5.74, 6) is 3.25. The molecule has 1 aromatic heterocycles. The van der Waals surface area contributed by atoms with E-state index in [9.17, 15) is 0 Å². The summed E-state index contributed by atoms with van der Waals surface area (Å²) in [5.41, 5.74) is 6.41. The van der Waals surface area contributed by atoms with Crippen LogP contribution in [0.2, 0.25) is 19.6 Å². The van der Waals surface area contributed by atoms with Crippen LogP contribution in [-0.4, -0.2) is 17.6 Å². The Morgan fingerprint density at radius 2 is 1.90 bits per heavy atom. The van der Waals surface area contributed by atoms with Crippen molar-refractivity contribution in [3.63, 3.8) is 0 Å². The van der Waals surface area contributed by atoms with Crippen LogP contribution in [-0.2, 0) is 6.54 Å². The zero-order valence-electron chi connectivity index (χ0n) is 12.7. The third kappa shape index (κ3) is 4.63. The molecule has 2 aromatic rings. The minimum absolute atomic E-state index is 0.501. The van der Waals surface area contributed by atoms with Crippen LogP contribution in [0, 0.1) is 22.8 Å². The smallest absolute Gasteiger partial charge is 0.129 e. The highest BCUT2D eigenvalue weighted by Crippen LogP contribution is 2.17. The maximum atomic E-state index is 8.60. The molecule has 106 valence electrons. The minimum Gasteiger partial charge on any atom is -0.336 e. The van der Waals surface area contributed by atoms with Crippen LogP contribution in [0.1, 0.15) is 12.0 Å². The molecule has 0 aliphatic heterocycles. The molecule has 0 radical (unpaired) electrons. The molecule has 0 bridgehead atoms. The van der Waals surface area contributed by atoms with E-state index in [0.29, 0.717) is 13.0 Å². The Bertz CT molecular complexity index is 703. The largest absolute Gasteiger partial charge is 0.336 e. The Balaban J connectivity index is 2.13. The lowest BCUT2D eigenvalue weighted by atomic mass is 10.1. The van der Waals surface area contributed by atoms with Crippen LogP contribution in [0.4, 0.5) is 0 Å². The lowest BCUT2D eigenvalue weighted by Gasteiger charge is -2.03. The summed E-state index contributed by atoms with van der Waals surface area (Å²) in [6.07, 6.45) is 4.24. The number of aryl methyl sites for hydroxylation is 1. The predicted octanol–water partition coefficient (Wildman–Crippen LogP) is 3.69. The number of hydrogen-bond donors (Lipinski definition) is 0. The van der Waals surface area contributed by atoms with Gasteiger partial charge in [0.25, 0.3) is 0 Å². The van der Waals surface area contributed by atoms with Crippen molar-refractivity contribution in [3.05, 3.63) is 42.4 Å². The fraction of sp³-hybridized carbons (Fsp3) is 0.294. The molecule has 0 saturated heterocycles. The first-order chi connectivity index (χ1) is 9.98. The molecule has 2 rings (SSSR count). The monoisotopic (exact) mass is 293 g/mol. The van der Waals surface area contributed by atoms with E-state index in [1.54, 1.807) is 6.33 Å². The van der Waals surface area contributed by atoms with Crippen molar-refractivity contribution in [2.75, 3.05) is 0 Å². The van der Waals surface area contributed by atoms with Gasteiger partial charge in [-0.2, -0.15) is 5.26 Å². The lowest BCUT2D eigenvalue weighted by Crippen LogP contribution is -2.16. The maximum absolute atomic E-state index is 8.60. The van der Waals surface area contributed by atoms with Gasteiger partial charge < -0.3 is 4.57 Å². The number of rotatable bonds is 3. The molecule has 0 aliphatic carbocycles. The third-order valence-corrected chi connectivity index (χ3v) is 3.75. The summed E-state index contributed by atoms with van der Waals surface area (Å²) in [4.78, 5) is 4.38. The summed E-state index contributed by atoms with van der Waals surface area (Å²) in [7, 11) is -1.33. The topological polar surface area (TPSA) is 41.6 Å². The molecule has 3 nitrogen and oxygen atoms in total. The van der Waals surface area contributed by atoms with Crippen LogP contribution in [0.15, 0.2) is 36.8 Å². The number of nitriles is 1. The highest BCUT2D eigenvalue weighted by molar-refractivity contribution is 6.83. The van der Waals surface area contributed by atoms with E-state index < -0.39 is 8.07 Å². The predicted molar refractivity (Wildman–Crippen MR) is 88.1 cm³/mol. The summed E-state index contributed by atoms with van der Waals surface area (Å²) in [6, 6.07) is 10.3. The zero-order chi connectivity index (χ0) is 15.3. The number of aromatic nitrogens is 2.